The van der Waals surface area contributed by atoms with E-state index < -0.39 is 6.04 Å². The predicted octanol–water partition coefficient (Wildman–Crippen LogP) is 1.57. The molecule has 1 saturated heterocycles. The minimum atomic E-state index is -0.407. The molecule has 0 aliphatic carbocycles. The average Bonchev–Trinajstić information content (AvgIpc) is 2.52. The van der Waals surface area contributed by atoms with Crippen molar-refractivity contribution in [2.24, 2.45) is 0 Å². The number of pyridine rings is 1. The number of esters is 1. The first-order valence-corrected chi connectivity index (χ1v) is 6.98. The molecule has 0 aromatic carbocycles. The summed E-state index contributed by atoms with van der Waals surface area (Å²) in [6, 6.07) is 3.40. The molecule has 108 valence electrons. The van der Waals surface area contributed by atoms with Gasteiger partial charge < -0.3 is 9.64 Å². The molecule has 2 heterocycles. The van der Waals surface area contributed by atoms with E-state index in [1.807, 2.05) is 12.1 Å². The van der Waals surface area contributed by atoms with Crippen LogP contribution in [-0.2, 0) is 20.7 Å². The van der Waals surface area contributed by atoms with Gasteiger partial charge in [0.05, 0.1) is 7.11 Å². The maximum absolute atomic E-state index is 12.3. The highest BCUT2D eigenvalue weighted by Crippen LogP contribution is 2.19. The molecule has 5 heteroatoms. The predicted molar refractivity (Wildman–Crippen MR) is 73.9 cm³/mol. The van der Waals surface area contributed by atoms with Crippen LogP contribution in [-0.4, -0.2) is 41.5 Å². The van der Waals surface area contributed by atoms with Crippen molar-refractivity contribution in [2.45, 2.75) is 38.1 Å². The molecular weight excluding hydrogens is 256 g/mol. The van der Waals surface area contributed by atoms with Crippen LogP contribution in [0.4, 0.5) is 0 Å². The van der Waals surface area contributed by atoms with Crippen molar-refractivity contribution in [1.29, 1.82) is 0 Å². The van der Waals surface area contributed by atoms with E-state index in [0.29, 0.717) is 25.8 Å². The molecule has 1 amide bonds. The molecule has 1 aliphatic heterocycles. The summed E-state index contributed by atoms with van der Waals surface area (Å²) in [6.45, 7) is 0.644. The van der Waals surface area contributed by atoms with Gasteiger partial charge >= 0.3 is 5.97 Å². The van der Waals surface area contributed by atoms with Crippen molar-refractivity contribution in [3.63, 3.8) is 0 Å². The Morgan fingerprint density at radius 3 is 3.00 bits per heavy atom. The summed E-state index contributed by atoms with van der Waals surface area (Å²) in [6.07, 6.45) is 7.14. The van der Waals surface area contributed by atoms with Crippen LogP contribution in [0.5, 0.6) is 0 Å². The number of piperidine rings is 1. The Labute approximate surface area is 118 Å². The molecule has 0 unspecified atom stereocenters. The second-order valence-corrected chi connectivity index (χ2v) is 4.98. The summed E-state index contributed by atoms with van der Waals surface area (Å²) in [5.74, 6) is -0.289. The number of methoxy groups -OCH3 is 1. The van der Waals surface area contributed by atoms with Crippen molar-refractivity contribution < 1.29 is 14.3 Å². The van der Waals surface area contributed by atoms with Gasteiger partial charge in [-0.2, -0.15) is 0 Å². The minimum absolute atomic E-state index is 0.0175. The lowest BCUT2D eigenvalue weighted by molar-refractivity contribution is -0.154. The number of aryl methyl sites for hydroxylation is 1. The van der Waals surface area contributed by atoms with Crippen LogP contribution in [0.2, 0.25) is 0 Å². The Kier molecular flexibility index (Phi) is 5.09. The molecular formula is C15H20N2O3. The van der Waals surface area contributed by atoms with Crippen molar-refractivity contribution in [3.8, 4) is 0 Å². The largest absolute Gasteiger partial charge is 0.467 e. The molecule has 2 rings (SSSR count). The number of likely N-dealkylation sites (tertiary alicyclic amines) is 1. The second kappa shape index (κ2) is 7.03. The zero-order chi connectivity index (χ0) is 14.4. The Balaban J connectivity index is 1.94. The van der Waals surface area contributed by atoms with E-state index in [2.05, 4.69) is 4.98 Å². The van der Waals surface area contributed by atoms with Gasteiger partial charge in [-0.05, 0) is 37.3 Å². The minimum Gasteiger partial charge on any atom is -0.467 e. The molecule has 0 spiro atoms. The van der Waals surface area contributed by atoms with Gasteiger partial charge in [-0.15, -0.1) is 0 Å². The van der Waals surface area contributed by atoms with Crippen molar-refractivity contribution in [3.05, 3.63) is 30.1 Å². The van der Waals surface area contributed by atoms with Gasteiger partial charge in [-0.1, -0.05) is 6.07 Å². The summed E-state index contributed by atoms with van der Waals surface area (Å²) < 4.78 is 4.79. The fraction of sp³-hybridized carbons (Fsp3) is 0.533. The van der Waals surface area contributed by atoms with Gasteiger partial charge in [-0.3, -0.25) is 9.78 Å². The van der Waals surface area contributed by atoms with Gasteiger partial charge in [0.2, 0.25) is 5.91 Å². The highest BCUT2D eigenvalue weighted by molar-refractivity contribution is 5.84. The molecule has 0 radical (unpaired) electrons. The number of ether oxygens (including phenoxy) is 1. The van der Waals surface area contributed by atoms with Crippen LogP contribution >= 0.6 is 0 Å². The number of carbonyl (C=O) groups excluding carboxylic acids is 2. The third kappa shape index (κ3) is 3.56. The first kappa shape index (κ1) is 14.5. The van der Waals surface area contributed by atoms with Crippen LogP contribution in [0.15, 0.2) is 24.5 Å². The molecule has 0 saturated carbocycles. The summed E-state index contributed by atoms with van der Waals surface area (Å²) in [5.41, 5.74) is 1.03. The molecule has 0 bridgehead atoms. The molecule has 0 N–H and O–H groups in total. The summed E-state index contributed by atoms with van der Waals surface area (Å²) in [7, 11) is 1.37. The van der Waals surface area contributed by atoms with Crippen LogP contribution < -0.4 is 0 Å². The molecule has 1 fully saturated rings. The highest BCUT2D eigenvalue weighted by Gasteiger charge is 2.32. The van der Waals surface area contributed by atoms with Crippen molar-refractivity contribution in [1.82, 2.24) is 9.88 Å². The number of carbonyl (C=O) groups is 2. The molecule has 1 atom stereocenters. The number of nitrogens with zero attached hydrogens (tertiary/aromatic N) is 2. The SMILES string of the molecule is COC(=O)[C@H]1CCCCN1C(=O)CCc1cccnc1. The lowest BCUT2D eigenvalue weighted by atomic mass is 10.0. The Hall–Kier alpha value is -1.91. The summed E-state index contributed by atoms with van der Waals surface area (Å²) in [5, 5.41) is 0. The molecule has 1 aromatic heterocycles. The van der Waals surface area contributed by atoms with E-state index >= 15 is 0 Å². The zero-order valence-corrected chi connectivity index (χ0v) is 11.7. The van der Waals surface area contributed by atoms with Crippen LogP contribution in [0.25, 0.3) is 0 Å². The van der Waals surface area contributed by atoms with Gasteiger partial charge in [0, 0.05) is 25.4 Å². The second-order valence-electron chi connectivity index (χ2n) is 4.98. The first-order chi connectivity index (χ1) is 9.72. The van der Waals surface area contributed by atoms with E-state index in [1.165, 1.54) is 7.11 Å². The van der Waals surface area contributed by atoms with E-state index in [9.17, 15) is 9.59 Å². The number of amides is 1. The maximum Gasteiger partial charge on any atom is 0.328 e. The van der Waals surface area contributed by atoms with E-state index in [0.717, 1.165) is 18.4 Å². The maximum atomic E-state index is 12.3. The Bertz CT molecular complexity index is 461. The molecule has 1 aromatic rings. The number of aromatic nitrogens is 1. The Morgan fingerprint density at radius 1 is 1.45 bits per heavy atom. The fourth-order valence-corrected chi connectivity index (χ4v) is 2.55. The van der Waals surface area contributed by atoms with E-state index in [-0.39, 0.29) is 11.9 Å². The third-order valence-electron chi connectivity index (χ3n) is 3.65. The smallest absolute Gasteiger partial charge is 0.328 e. The normalized spacial score (nSPS) is 18.6. The van der Waals surface area contributed by atoms with Gasteiger partial charge in [0.25, 0.3) is 0 Å². The monoisotopic (exact) mass is 276 g/mol. The first-order valence-electron chi connectivity index (χ1n) is 6.98. The number of rotatable bonds is 4. The topological polar surface area (TPSA) is 59.5 Å². The van der Waals surface area contributed by atoms with Crippen LogP contribution in [0.3, 0.4) is 0 Å². The quantitative estimate of drug-likeness (QED) is 0.783. The standard InChI is InChI=1S/C15H20N2O3/c1-20-15(19)13-6-2-3-10-17(13)14(18)8-7-12-5-4-9-16-11-12/h4-5,9,11,13H,2-3,6-8,10H2,1H3/t13-/m1/s1. The number of hydrogen-bond acceptors (Lipinski definition) is 4. The van der Waals surface area contributed by atoms with E-state index in [4.69, 9.17) is 4.74 Å². The van der Waals surface area contributed by atoms with E-state index in [1.54, 1.807) is 17.3 Å². The third-order valence-corrected chi connectivity index (χ3v) is 3.65. The highest BCUT2D eigenvalue weighted by atomic mass is 16.5. The zero-order valence-electron chi connectivity index (χ0n) is 11.7. The van der Waals surface area contributed by atoms with Crippen LogP contribution in [0.1, 0.15) is 31.2 Å². The van der Waals surface area contributed by atoms with Gasteiger partial charge in [-0.25, -0.2) is 4.79 Å². The van der Waals surface area contributed by atoms with Crippen molar-refractivity contribution >= 4 is 11.9 Å². The molecule has 20 heavy (non-hydrogen) atoms. The lowest BCUT2D eigenvalue weighted by Crippen LogP contribution is -2.48. The lowest BCUT2D eigenvalue weighted by Gasteiger charge is -2.33. The van der Waals surface area contributed by atoms with Gasteiger partial charge in [0.1, 0.15) is 6.04 Å². The number of hydrogen-bond donors (Lipinski definition) is 0. The summed E-state index contributed by atoms with van der Waals surface area (Å²) in [4.78, 5) is 29.7. The van der Waals surface area contributed by atoms with Crippen LogP contribution in [0, 0.1) is 0 Å². The average molecular weight is 276 g/mol. The van der Waals surface area contributed by atoms with Crippen molar-refractivity contribution in [2.75, 3.05) is 13.7 Å². The molecule has 5 nitrogen and oxygen atoms in total. The summed E-state index contributed by atoms with van der Waals surface area (Å²) >= 11 is 0. The Morgan fingerprint density at radius 2 is 2.30 bits per heavy atom. The van der Waals surface area contributed by atoms with Gasteiger partial charge in [0.15, 0.2) is 0 Å². The molecule has 1 aliphatic rings. The fourth-order valence-electron chi connectivity index (χ4n) is 2.55.